The van der Waals surface area contributed by atoms with Gasteiger partial charge in [0.05, 0.1) is 0 Å². The van der Waals surface area contributed by atoms with Crippen LogP contribution in [0, 0.1) is 11.3 Å². The highest BCUT2D eigenvalue weighted by Gasteiger charge is 2.08. The topological polar surface area (TPSA) is 73.6 Å². The third kappa shape index (κ3) is 1.19. The Kier molecular flexibility index (Phi) is 2.19. The normalized spacial score (nSPS) is 9.42. The van der Waals surface area contributed by atoms with Crippen LogP contribution in [-0.4, -0.2) is 16.1 Å². The van der Waals surface area contributed by atoms with E-state index < -0.39 is 0 Å². The number of nitrogens with zero attached hydrogens (tertiary/aromatic N) is 2. The third-order valence-electron chi connectivity index (χ3n) is 1.56. The predicted octanol–water partition coefficient (Wildman–Crippen LogP) is 0.0169. The number of imidazole rings is 1. The molecule has 0 unspecified atom stereocenters. The molecule has 0 aromatic carbocycles. The number of aromatic amines is 1. The van der Waals surface area contributed by atoms with Gasteiger partial charge in [0, 0.05) is 13.6 Å². The van der Waals surface area contributed by atoms with E-state index in [9.17, 15) is 4.79 Å². The summed E-state index contributed by atoms with van der Waals surface area (Å²) in [4.78, 5) is 13.4. The fraction of sp³-hybridized carbons (Fsp3) is 0.429. The van der Waals surface area contributed by atoms with Crippen molar-refractivity contribution in [1.82, 2.24) is 9.55 Å². The molecule has 2 N–H and O–H groups in total. The summed E-state index contributed by atoms with van der Waals surface area (Å²) in [6, 6.07) is 1.90. The quantitative estimate of drug-likeness (QED) is 0.650. The van der Waals surface area contributed by atoms with E-state index in [1.807, 2.05) is 13.0 Å². The van der Waals surface area contributed by atoms with Gasteiger partial charge in [0.25, 0.3) is 0 Å². The van der Waals surface area contributed by atoms with Gasteiger partial charge in [0.15, 0.2) is 5.69 Å². The molecule has 5 nitrogen and oxygen atoms in total. The number of aromatic nitrogens is 2. The first kappa shape index (κ1) is 8.40. The Hall–Kier alpha value is -1.70. The molecule has 0 saturated heterocycles. The molecule has 0 spiro atoms. The Morgan fingerprint density at radius 1 is 1.75 bits per heavy atom. The second-order valence-corrected chi connectivity index (χ2v) is 2.35. The minimum absolute atomic E-state index is 0.275. The Morgan fingerprint density at radius 2 is 2.42 bits per heavy atom. The Morgan fingerprint density at radius 3 is 2.92 bits per heavy atom. The van der Waals surface area contributed by atoms with E-state index in [2.05, 4.69) is 10.3 Å². The average molecular weight is 166 g/mol. The van der Waals surface area contributed by atoms with Crippen molar-refractivity contribution in [3.63, 3.8) is 0 Å². The molecule has 1 aromatic rings. The molecule has 0 radical (unpaired) electrons. The van der Waals surface area contributed by atoms with Crippen LogP contribution in [0.3, 0.4) is 0 Å². The maximum atomic E-state index is 11.0. The Balaban J connectivity index is 3.24. The summed E-state index contributed by atoms with van der Waals surface area (Å²) in [5.74, 6) is 0.546. The molecule has 0 fully saturated rings. The van der Waals surface area contributed by atoms with Crippen molar-refractivity contribution in [1.29, 1.82) is 5.26 Å². The van der Waals surface area contributed by atoms with E-state index >= 15 is 0 Å². The maximum absolute atomic E-state index is 11.0. The Labute approximate surface area is 69.6 Å². The van der Waals surface area contributed by atoms with Gasteiger partial charge in [-0.25, -0.2) is 4.79 Å². The van der Waals surface area contributed by atoms with Gasteiger partial charge in [-0.2, -0.15) is 5.26 Å². The summed E-state index contributed by atoms with van der Waals surface area (Å²) >= 11 is 0. The molecular formula is C7H10N4O. The summed E-state index contributed by atoms with van der Waals surface area (Å²) in [5, 5.41) is 11.5. The molecule has 0 bridgehead atoms. The van der Waals surface area contributed by atoms with Crippen LogP contribution in [0.25, 0.3) is 0 Å². The monoisotopic (exact) mass is 166 g/mol. The number of H-pyrrole nitrogens is 1. The van der Waals surface area contributed by atoms with Crippen LogP contribution < -0.4 is 11.0 Å². The van der Waals surface area contributed by atoms with Gasteiger partial charge in [-0.15, -0.1) is 0 Å². The van der Waals surface area contributed by atoms with Gasteiger partial charge in [0.2, 0.25) is 0 Å². The van der Waals surface area contributed by atoms with Gasteiger partial charge in [-0.1, -0.05) is 0 Å². The number of nitrogens with one attached hydrogen (secondary N) is 2. The van der Waals surface area contributed by atoms with Gasteiger partial charge in [-0.3, -0.25) is 9.55 Å². The lowest BCUT2D eigenvalue weighted by atomic mass is 10.4. The van der Waals surface area contributed by atoms with Crippen molar-refractivity contribution in [3.05, 3.63) is 16.2 Å². The van der Waals surface area contributed by atoms with Crippen LogP contribution in [0.15, 0.2) is 4.79 Å². The first-order valence-electron chi connectivity index (χ1n) is 3.63. The van der Waals surface area contributed by atoms with E-state index in [1.165, 1.54) is 4.57 Å². The fourth-order valence-corrected chi connectivity index (χ4v) is 0.975. The minimum Gasteiger partial charge on any atom is -0.369 e. The van der Waals surface area contributed by atoms with Crippen molar-refractivity contribution >= 4 is 5.82 Å². The first-order valence-corrected chi connectivity index (χ1v) is 3.63. The van der Waals surface area contributed by atoms with Crippen LogP contribution >= 0.6 is 0 Å². The molecule has 12 heavy (non-hydrogen) atoms. The zero-order valence-electron chi connectivity index (χ0n) is 7.01. The van der Waals surface area contributed by atoms with Gasteiger partial charge < -0.3 is 5.32 Å². The lowest BCUT2D eigenvalue weighted by Crippen LogP contribution is -2.14. The molecule has 1 aromatic heterocycles. The van der Waals surface area contributed by atoms with E-state index in [4.69, 9.17) is 5.26 Å². The van der Waals surface area contributed by atoms with E-state index in [0.717, 1.165) is 0 Å². The highest BCUT2D eigenvalue weighted by molar-refractivity contribution is 5.48. The van der Waals surface area contributed by atoms with Crippen molar-refractivity contribution in [2.24, 2.45) is 7.05 Å². The van der Waals surface area contributed by atoms with E-state index in [0.29, 0.717) is 12.4 Å². The van der Waals surface area contributed by atoms with Gasteiger partial charge in [-0.05, 0) is 6.92 Å². The zero-order valence-corrected chi connectivity index (χ0v) is 7.01. The second-order valence-electron chi connectivity index (χ2n) is 2.35. The van der Waals surface area contributed by atoms with Gasteiger partial charge in [0.1, 0.15) is 11.9 Å². The predicted molar refractivity (Wildman–Crippen MR) is 44.9 cm³/mol. The summed E-state index contributed by atoms with van der Waals surface area (Å²) in [6.07, 6.45) is 0. The highest BCUT2D eigenvalue weighted by Crippen LogP contribution is 2.07. The molecule has 1 heterocycles. The molecule has 1 rings (SSSR count). The van der Waals surface area contributed by atoms with Crippen molar-refractivity contribution in [3.8, 4) is 6.07 Å². The molecule has 0 atom stereocenters. The molecule has 0 saturated carbocycles. The summed E-state index contributed by atoms with van der Waals surface area (Å²) in [7, 11) is 1.61. The zero-order chi connectivity index (χ0) is 9.14. The van der Waals surface area contributed by atoms with E-state index in [-0.39, 0.29) is 11.4 Å². The third-order valence-corrected chi connectivity index (χ3v) is 1.56. The smallest absolute Gasteiger partial charge is 0.327 e. The number of hydrogen-bond donors (Lipinski definition) is 2. The van der Waals surface area contributed by atoms with E-state index in [1.54, 1.807) is 7.05 Å². The lowest BCUT2D eigenvalue weighted by molar-refractivity contribution is 0.861. The minimum atomic E-state index is -0.275. The van der Waals surface area contributed by atoms with Crippen molar-refractivity contribution < 1.29 is 0 Å². The molecule has 5 heteroatoms. The summed E-state index contributed by atoms with van der Waals surface area (Å²) in [5.41, 5.74) is 0.00634. The molecule has 0 aliphatic rings. The number of hydrogen-bond acceptors (Lipinski definition) is 3. The number of anilines is 1. The van der Waals surface area contributed by atoms with Crippen LogP contribution in [0.5, 0.6) is 0 Å². The summed E-state index contributed by atoms with van der Waals surface area (Å²) in [6.45, 7) is 2.58. The SMILES string of the molecule is CCNc1c(C#N)[nH]c(=O)n1C. The maximum Gasteiger partial charge on any atom is 0.327 e. The number of rotatable bonds is 2. The van der Waals surface area contributed by atoms with Gasteiger partial charge >= 0.3 is 5.69 Å². The van der Waals surface area contributed by atoms with Crippen molar-refractivity contribution in [2.45, 2.75) is 6.92 Å². The van der Waals surface area contributed by atoms with Crippen LogP contribution in [0.1, 0.15) is 12.6 Å². The van der Waals surface area contributed by atoms with Crippen LogP contribution in [0.2, 0.25) is 0 Å². The number of nitriles is 1. The molecule has 0 aliphatic carbocycles. The molecule has 64 valence electrons. The average Bonchev–Trinajstić information content (AvgIpc) is 2.33. The first-order chi connectivity index (χ1) is 5.70. The second kappa shape index (κ2) is 3.13. The largest absolute Gasteiger partial charge is 0.369 e. The fourth-order valence-electron chi connectivity index (χ4n) is 0.975. The highest BCUT2D eigenvalue weighted by atomic mass is 16.1. The Bertz CT molecular complexity index is 368. The standard InChI is InChI=1S/C7H10N4O/c1-3-9-6-5(4-8)10-7(12)11(6)2/h9H,3H2,1-2H3,(H,10,12). The van der Waals surface area contributed by atoms with Crippen molar-refractivity contribution in [2.75, 3.05) is 11.9 Å². The molecule has 0 aliphatic heterocycles. The molecule has 0 amide bonds. The van der Waals surface area contributed by atoms with Crippen LogP contribution in [0.4, 0.5) is 5.82 Å². The molecular weight excluding hydrogens is 156 g/mol. The van der Waals surface area contributed by atoms with Crippen LogP contribution in [-0.2, 0) is 7.05 Å². The summed E-state index contributed by atoms with van der Waals surface area (Å²) < 4.78 is 1.38. The lowest BCUT2D eigenvalue weighted by Gasteiger charge is -2.01.